The molecule has 1 unspecified atom stereocenters. The van der Waals surface area contributed by atoms with Crippen molar-refractivity contribution in [3.8, 4) is 0 Å². The second kappa shape index (κ2) is 6.69. The van der Waals surface area contributed by atoms with E-state index in [2.05, 4.69) is 24.0 Å². The Kier molecular flexibility index (Phi) is 5.53. The number of hydrogen-bond acceptors (Lipinski definition) is 2. The Morgan fingerprint density at radius 1 is 1.25 bits per heavy atom. The highest BCUT2D eigenvalue weighted by Crippen LogP contribution is 2.22. The lowest BCUT2D eigenvalue weighted by molar-refractivity contribution is 0.410. The maximum absolute atomic E-state index is 6.25. The summed E-state index contributed by atoms with van der Waals surface area (Å²) in [6.45, 7) is 4.32. The minimum atomic E-state index is -0.249. The number of unbranched alkanes of at least 4 members (excludes halogenated alkanes) is 5. The standard InChI is InChI=1S/C13H25N3/c1-3-4-5-6-7-8-10-13(2,14)12-9-11-15-16-12/h9,11H,3-8,10,14H2,1-2H3,(H,15,16). The van der Waals surface area contributed by atoms with Crippen LogP contribution in [0.1, 0.15) is 64.5 Å². The first-order valence-corrected chi connectivity index (χ1v) is 6.45. The van der Waals surface area contributed by atoms with Crippen LogP contribution >= 0.6 is 0 Å². The van der Waals surface area contributed by atoms with Gasteiger partial charge < -0.3 is 5.73 Å². The molecule has 1 rings (SSSR count). The third-order valence-electron chi connectivity index (χ3n) is 3.17. The maximum atomic E-state index is 6.25. The molecule has 0 aliphatic heterocycles. The number of hydrogen-bond donors (Lipinski definition) is 2. The Balaban J connectivity index is 2.17. The number of aromatic nitrogens is 2. The first-order chi connectivity index (χ1) is 7.67. The molecule has 0 fully saturated rings. The highest BCUT2D eigenvalue weighted by molar-refractivity contribution is 5.10. The fourth-order valence-corrected chi connectivity index (χ4v) is 1.98. The molecule has 0 spiro atoms. The summed E-state index contributed by atoms with van der Waals surface area (Å²) in [6.07, 6.45) is 10.7. The molecule has 92 valence electrons. The number of rotatable bonds is 8. The molecule has 0 aliphatic carbocycles. The molecule has 1 aromatic heterocycles. The van der Waals surface area contributed by atoms with Gasteiger partial charge >= 0.3 is 0 Å². The minimum absolute atomic E-state index is 0.249. The molecule has 1 aromatic rings. The van der Waals surface area contributed by atoms with Crippen LogP contribution in [0.4, 0.5) is 0 Å². The van der Waals surface area contributed by atoms with Gasteiger partial charge in [-0.1, -0.05) is 45.4 Å². The van der Waals surface area contributed by atoms with Crippen LogP contribution in [0.5, 0.6) is 0 Å². The van der Waals surface area contributed by atoms with Crippen LogP contribution in [-0.2, 0) is 5.54 Å². The number of aromatic amines is 1. The first kappa shape index (κ1) is 13.2. The summed E-state index contributed by atoms with van der Waals surface area (Å²) in [5.41, 5.74) is 7.05. The fraction of sp³-hybridized carbons (Fsp3) is 0.769. The molecular formula is C13H25N3. The average molecular weight is 223 g/mol. The van der Waals surface area contributed by atoms with Crippen molar-refractivity contribution in [1.82, 2.24) is 10.2 Å². The summed E-state index contributed by atoms with van der Waals surface area (Å²) in [7, 11) is 0. The highest BCUT2D eigenvalue weighted by atomic mass is 15.1. The third-order valence-corrected chi connectivity index (χ3v) is 3.17. The monoisotopic (exact) mass is 223 g/mol. The normalized spacial score (nSPS) is 14.9. The average Bonchev–Trinajstić information content (AvgIpc) is 2.77. The Labute approximate surface area is 98.8 Å². The summed E-state index contributed by atoms with van der Waals surface area (Å²) in [5, 5.41) is 6.92. The van der Waals surface area contributed by atoms with Crippen LogP contribution in [0, 0.1) is 0 Å². The Morgan fingerprint density at radius 3 is 2.56 bits per heavy atom. The molecular weight excluding hydrogens is 198 g/mol. The van der Waals surface area contributed by atoms with Gasteiger partial charge in [-0.25, -0.2) is 0 Å². The van der Waals surface area contributed by atoms with Crippen molar-refractivity contribution in [1.29, 1.82) is 0 Å². The van der Waals surface area contributed by atoms with E-state index in [1.807, 2.05) is 6.07 Å². The van der Waals surface area contributed by atoms with Gasteiger partial charge in [0.25, 0.3) is 0 Å². The molecule has 3 N–H and O–H groups in total. The fourth-order valence-electron chi connectivity index (χ4n) is 1.98. The maximum Gasteiger partial charge on any atom is 0.0549 e. The molecule has 0 aliphatic rings. The van der Waals surface area contributed by atoms with Crippen molar-refractivity contribution in [3.05, 3.63) is 18.0 Å². The van der Waals surface area contributed by atoms with Gasteiger partial charge in [-0.15, -0.1) is 0 Å². The molecule has 0 aromatic carbocycles. The molecule has 3 heteroatoms. The molecule has 1 atom stereocenters. The van der Waals surface area contributed by atoms with E-state index in [-0.39, 0.29) is 5.54 Å². The third kappa shape index (κ3) is 4.35. The zero-order valence-electron chi connectivity index (χ0n) is 10.6. The summed E-state index contributed by atoms with van der Waals surface area (Å²) in [6, 6.07) is 1.97. The summed E-state index contributed by atoms with van der Waals surface area (Å²) in [5.74, 6) is 0. The van der Waals surface area contributed by atoms with Gasteiger partial charge in [0.15, 0.2) is 0 Å². The predicted octanol–water partition coefficient (Wildman–Crippen LogP) is 3.33. The van der Waals surface area contributed by atoms with Gasteiger partial charge in [0.1, 0.15) is 0 Å². The lowest BCUT2D eigenvalue weighted by Gasteiger charge is -2.22. The van der Waals surface area contributed by atoms with Crippen molar-refractivity contribution in [2.75, 3.05) is 0 Å². The van der Waals surface area contributed by atoms with Crippen LogP contribution < -0.4 is 5.73 Å². The van der Waals surface area contributed by atoms with E-state index < -0.39 is 0 Å². The number of nitrogens with zero attached hydrogens (tertiary/aromatic N) is 1. The van der Waals surface area contributed by atoms with Crippen LogP contribution in [-0.4, -0.2) is 10.2 Å². The van der Waals surface area contributed by atoms with Gasteiger partial charge in [-0.2, -0.15) is 5.10 Å². The SMILES string of the molecule is CCCCCCCCC(C)(N)c1ccn[nH]1. The van der Waals surface area contributed by atoms with Crippen molar-refractivity contribution in [3.63, 3.8) is 0 Å². The first-order valence-electron chi connectivity index (χ1n) is 6.45. The zero-order chi connectivity index (χ0) is 11.9. The lowest BCUT2D eigenvalue weighted by Crippen LogP contribution is -2.33. The zero-order valence-corrected chi connectivity index (χ0v) is 10.6. The van der Waals surface area contributed by atoms with E-state index in [0.29, 0.717) is 0 Å². The van der Waals surface area contributed by atoms with Crippen molar-refractivity contribution < 1.29 is 0 Å². The molecule has 1 heterocycles. The molecule has 0 radical (unpaired) electrons. The second-order valence-corrected chi connectivity index (χ2v) is 4.91. The Morgan fingerprint density at radius 2 is 1.94 bits per heavy atom. The highest BCUT2D eigenvalue weighted by Gasteiger charge is 2.21. The van der Waals surface area contributed by atoms with Gasteiger partial charge in [-0.05, 0) is 19.4 Å². The van der Waals surface area contributed by atoms with E-state index >= 15 is 0 Å². The quantitative estimate of drug-likeness (QED) is 0.664. The van der Waals surface area contributed by atoms with Gasteiger partial charge in [0.2, 0.25) is 0 Å². The van der Waals surface area contributed by atoms with Crippen LogP contribution in [0.2, 0.25) is 0 Å². The van der Waals surface area contributed by atoms with Gasteiger partial charge in [0.05, 0.1) is 11.2 Å². The summed E-state index contributed by atoms with van der Waals surface area (Å²) in [4.78, 5) is 0. The molecule has 0 bridgehead atoms. The van der Waals surface area contributed by atoms with E-state index in [1.54, 1.807) is 6.20 Å². The minimum Gasteiger partial charge on any atom is -0.320 e. The van der Waals surface area contributed by atoms with Crippen molar-refractivity contribution >= 4 is 0 Å². The molecule has 3 nitrogen and oxygen atoms in total. The van der Waals surface area contributed by atoms with Gasteiger partial charge in [0, 0.05) is 6.20 Å². The summed E-state index contributed by atoms with van der Waals surface area (Å²) >= 11 is 0. The van der Waals surface area contributed by atoms with E-state index in [1.165, 1.54) is 38.5 Å². The Bertz CT molecular complexity index is 265. The van der Waals surface area contributed by atoms with Crippen molar-refractivity contribution in [2.45, 2.75) is 64.3 Å². The molecule has 0 amide bonds. The predicted molar refractivity (Wildman–Crippen MR) is 68.1 cm³/mol. The second-order valence-electron chi connectivity index (χ2n) is 4.91. The van der Waals surface area contributed by atoms with E-state index in [4.69, 9.17) is 5.73 Å². The molecule has 16 heavy (non-hydrogen) atoms. The van der Waals surface area contributed by atoms with Crippen LogP contribution in [0.15, 0.2) is 12.3 Å². The smallest absolute Gasteiger partial charge is 0.0549 e. The summed E-state index contributed by atoms with van der Waals surface area (Å²) < 4.78 is 0. The lowest BCUT2D eigenvalue weighted by atomic mass is 9.92. The number of nitrogens with one attached hydrogen (secondary N) is 1. The van der Waals surface area contributed by atoms with E-state index in [0.717, 1.165) is 12.1 Å². The van der Waals surface area contributed by atoms with E-state index in [9.17, 15) is 0 Å². The topological polar surface area (TPSA) is 54.7 Å². The van der Waals surface area contributed by atoms with Crippen molar-refractivity contribution in [2.24, 2.45) is 5.73 Å². The van der Waals surface area contributed by atoms with Gasteiger partial charge in [-0.3, -0.25) is 5.10 Å². The number of nitrogens with two attached hydrogens (primary N) is 1. The largest absolute Gasteiger partial charge is 0.320 e. The van der Waals surface area contributed by atoms with Crippen LogP contribution in [0.25, 0.3) is 0 Å². The molecule has 0 saturated heterocycles. The van der Waals surface area contributed by atoms with Crippen LogP contribution in [0.3, 0.4) is 0 Å². The molecule has 0 saturated carbocycles. The number of H-pyrrole nitrogens is 1. The Hall–Kier alpha value is -0.830.